The molecule has 0 saturated carbocycles. The predicted molar refractivity (Wildman–Crippen MR) is 85.6 cm³/mol. The molecule has 0 spiro atoms. The van der Waals surface area contributed by atoms with Crippen molar-refractivity contribution in [1.82, 2.24) is 9.13 Å². The molecule has 4 nitrogen and oxygen atoms in total. The Morgan fingerprint density at radius 1 is 0.714 bits per heavy atom. The van der Waals surface area contributed by atoms with Gasteiger partial charge in [0.25, 0.3) is 0 Å². The minimum absolute atomic E-state index is 0.0463. The molecule has 0 aliphatic heterocycles. The van der Waals surface area contributed by atoms with Crippen molar-refractivity contribution in [3.8, 4) is 0 Å². The molecule has 0 fully saturated rings. The summed E-state index contributed by atoms with van der Waals surface area (Å²) in [6, 6.07) is 18.2. The van der Waals surface area contributed by atoms with Gasteiger partial charge >= 0.3 is 0 Å². The van der Waals surface area contributed by atoms with E-state index in [-0.39, 0.29) is 11.8 Å². The van der Waals surface area contributed by atoms with Crippen LogP contribution in [-0.4, -0.2) is 44.9 Å². The van der Waals surface area contributed by atoms with Crippen LogP contribution in [0.5, 0.6) is 0 Å². The lowest BCUT2D eigenvalue weighted by Gasteiger charge is -2.24. The summed E-state index contributed by atoms with van der Waals surface area (Å²) in [4.78, 5) is 24.5. The Morgan fingerprint density at radius 2 is 1.05 bits per heavy atom. The molecule has 0 unspecified atom stereocenters. The molecule has 0 aromatic heterocycles. The summed E-state index contributed by atoms with van der Waals surface area (Å²) < 4.78 is 3.33. The van der Waals surface area contributed by atoms with E-state index in [1.165, 1.54) is 0 Å². The number of carbonyl (C=O) groups is 2. The first-order valence-electron chi connectivity index (χ1n) is 6.70. The highest BCUT2D eigenvalue weighted by atomic mass is 28.2. The molecule has 0 atom stereocenters. The maximum absolute atomic E-state index is 12.3. The summed E-state index contributed by atoms with van der Waals surface area (Å²) in [6.07, 6.45) is 0. The normalized spacial score (nSPS) is 10.0. The van der Waals surface area contributed by atoms with Gasteiger partial charge in [0, 0.05) is 25.2 Å². The van der Waals surface area contributed by atoms with Crippen LogP contribution in [0.15, 0.2) is 60.7 Å². The molecule has 0 N–H and O–H groups in total. The van der Waals surface area contributed by atoms with Crippen molar-refractivity contribution in [1.29, 1.82) is 0 Å². The predicted octanol–water partition coefficient (Wildman–Crippen LogP) is 1.53. The van der Waals surface area contributed by atoms with Crippen LogP contribution in [0, 0.1) is 0 Å². The van der Waals surface area contributed by atoms with Crippen molar-refractivity contribution >= 4 is 21.7 Å². The first-order chi connectivity index (χ1) is 10.1. The van der Waals surface area contributed by atoms with Gasteiger partial charge in [-0.3, -0.25) is 9.59 Å². The average Bonchev–Trinajstić information content (AvgIpc) is 2.55. The zero-order chi connectivity index (χ0) is 15.2. The third kappa shape index (κ3) is 3.79. The topological polar surface area (TPSA) is 40.6 Å². The second kappa shape index (κ2) is 6.85. The second-order valence-corrected chi connectivity index (χ2v) is 7.06. The molecule has 5 heteroatoms. The third-order valence-electron chi connectivity index (χ3n) is 3.16. The molecular weight excluding hydrogens is 280 g/mol. The Kier molecular flexibility index (Phi) is 4.89. The summed E-state index contributed by atoms with van der Waals surface area (Å²) >= 11 is 0. The first kappa shape index (κ1) is 15.0. The number of hydrogen-bond acceptors (Lipinski definition) is 2. The lowest BCUT2D eigenvalue weighted by Crippen LogP contribution is -2.43. The van der Waals surface area contributed by atoms with E-state index in [2.05, 4.69) is 0 Å². The zero-order valence-electron chi connectivity index (χ0n) is 12.2. The lowest BCUT2D eigenvalue weighted by molar-refractivity contribution is 0.0843. The summed E-state index contributed by atoms with van der Waals surface area (Å²) in [5.74, 6) is -0.0926. The Labute approximate surface area is 127 Å². The van der Waals surface area contributed by atoms with Gasteiger partial charge in [-0.15, -0.1) is 0 Å². The molecule has 2 rings (SSSR count). The highest BCUT2D eigenvalue weighted by Crippen LogP contribution is 2.05. The van der Waals surface area contributed by atoms with Gasteiger partial charge in [0.2, 0.25) is 21.7 Å². The summed E-state index contributed by atoms with van der Waals surface area (Å²) in [5, 5.41) is 0. The summed E-state index contributed by atoms with van der Waals surface area (Å²) in [5.41, 5.74) is 1.29. The van der Waals surface area contributed by atoms with Crippen LogP contribution >= 0.6 is 0 Å². The molecule has 0 radical (unpaired) electrons. The number of hydrogen-bond donors (Lipinski definition) is 0. The third-order valence-corrected chi connectivity index (χ3v) is 4.58. The van der Waals surface area contributed by atoms with Crippen molar-refractivity contribution < 1.29 is 9.59 Å². The molecule has 0 bridgehead atoms. The van der Waals surface area contributed by atoms with Gasteiger partial charge in [0.1, 0.15) is 0 Å². The minimum atomic E-state index is -1.15. The minimum Gasteiger partial charge on any atom is -0.355 e. The molecule has 21 heavy (non-hydrogen) atoms. The maximum atomic E-state index is 12.3. The number of carbonyl (C=O) groups excluding carboxylic acids is 2. The second-order valence-electron chi connectivity index (χ2n) is 4.88. The van der Waals surface area contributed by atoms with E-state index in [1.54, 1.807) is 47.5 Å². The van der Waals surface area contributed by atoms with E-state index in [1.807, 2.05) is 36.4 Å². The average molecular weight is 298 g/mol. The van der Waals surface area contributed by atoms with E-state index >= 15 is 0 Å². The quantitative estimate of drug-likeness (QED) is 0.803. The monoisotopic (exact) mass is 298 g/mol. The largest absolute Gasteiger partial charge is 0.355 e. The number of nitrogens with zero attached hydrogens (tertiary/aromatic N) is 2. The van der Waals surface area contributed by atoms with E-state index in [0.29, 0.717) is 11.1 Å². The Morgan fingerprint density at radius 3 is 1.38 bits per heavy atom. The number of benzene rings is 2. The highest BCUT2D eigenvalue weighted by molar-refractivity contribution is 6.39. The SMILES string of the molecule is CN([SiH2]N(C)C(=O)c1ccccc1)C(=O)c1ccccc1. The Bertz CT molecular complexity index is 561. The van der Waals surface area contributed by atoms with Gasteiger partial charge in [0.05, 0.1) is 0 Å². The highest BCUT2D eigenvalue weighted by Gasteiger charge is 2.17. The molecule has 108 valence electrons. The Balaban J connectivity index is 2.01. The summed E-state index contributed by atoms with van der Waals surface area (Å²) in [6.45, 7) is 0. The van der Waals surface area contributed by atoms with E-state index in [0.717, 1.165) is 0 Å². The number of rotatable bonds is 4. The van der Waals surface area contributed by atoms with Crippen molar-refractivity contribution in [3.63, 3.8) is 0 Å². The number of amides is 2. The van der Waals surface area contributed by atoms with Gasteiger partial charge in [-0.1, -0.05) is 36.4 Å². The van der Waals surface area contributed by atoms with Gasteiger partial charge in [0.15, 0.2) is 0 Å². The van der Waals surface area contributed by atoms with Crippen LogP contribution in [-0.2, 0) is 0 Å². The van der Waals surface area contributed by atoms with E-state index in [9.17, 15) is 9.59 Å². The first-order valence-corrected chi connectivity index (χ1v) is 7.97. The van der Waals surface area contributed by atoms with Crippen LogP contribution in [0.2, 0.25) is 0 Å². The molecule has 0 heterocycles. The van der Waals surface area contributed by atoms with Gasteiger partial charge in [-0.2, -0.15) is 0 Å². The van der Waals surface area contributed by atoms with Crippen molar-refractivity contribution in [2.24, 2.45) is 0 Å². The molecule has 0 aliphatic rings. The van der Waals surface area contributed by atoms with Crippen LogP contribution < -0.4 is 0 Å². The van der Waals surface area contributed by atoms with Gasteiger partial charge in [-0.05, 0) is 24.3 Å². The van der Waals surface area contributed by atoms with Crippen LogP contribution in [0.25, 0.3) is 0 Å². The molecule has 2 amide bonds. The maximum Gasteiger partial charge on any atom is 0.246 e. The van der Waals surface area contributed by atoms with Crippen molar-refractivity contribution in [2.45, 2.75) is 0 Å². The molecule has 0 aliphatic carbocycles. The molecule has 2 aromatic rings. The molecular formula is C16H18N2O2Si. The Hall–Kier alpha value is -2.40. The van der Waals surface area contributed by atoms with Crippen LogP contribution in [0.1, 0.15) is 20.7 Å². The van der Waals surface area contributed by atoms with Gasteiger partial charge < -0.3 is 9.13 Å². The standard InChI is InChI=1S/C16H18N2O2Si/c1-17(15(19)13-9-5-3-6-10-13)21-18(2)16(20)14-11-7-4-8-12-14/h3-12H,21H2,1-2H3. The fourth-order valence-corrected chi connectivity index (χ4v) is 3.31. The fraction of sp³-hybridized carbons (Fsp3) is 0.125. The van der Waals surface area contributed by atoms with E-state index in [4.69, 9.17) is 0 Å². The summed E-state index contributed by atoms with van der Waals surface area (Å²) in [7, 11) is 2.34. The van der Waals surface area contributed by atoms with Gasteiger partial charge in [-0.25, -0.2) is 0 Å². The fourth-order valence-electron chi connectivity index (χ4n) is 2.05. The van der Waals surface area contributed by atoms with Crippen LogP contribution in [0.3, 0.4) is 0 Å². The van der Waals surface area contributed by atoms with Crippen molar-refractivity contribution in [2.75, 3.05) is 14.1 Å². The van der Waals surface area contributed by atoms with E-state index < -0.39 is 9.84 Å². The lowest BCUT2D eigenvalue weighted by atomic mass is 10.2. The van der Waals surface area contributed by atoms with Crippen molar-refractivity contribution in [3.05, 3.63) is 71.8 Å². The molecule has 0 saturated heterocycles. The van der Waals surface area contributed by atoms with Crippen LogP contribution in [0.4, 0.5) is 0 Å². The smallest absolute Gasteiger partial charge is 0.246 e. The zero-order valence-corrected chi connectivity index (χ0v) is 13.6. The molecule has 2 aromatic carbocycles.